The average molecular weight is 472 g/mol. The standard InChI is InChI=1S/C18H15F3N4O4S2/c1-22-31(27,28)15-8-12(3-4-14(15)21)25(2)18(26)24-17-23-9-16(30-17)29-13-6-10(19)5-11(20)7-13/h3-9,22H,1-2H3,(H,23,24,26). The molecule has 3 aromatic rings. The first kappa shape index (κ1) is 22.5. The van der Waals surface area contributed by atoms with Gasteiger partial charge in [-0.05, 0) is 25.2 Å². The van der Waals surface area contributed by atoms with Gasteiger partial charge < -0.3 is 4.74 Å². The number of nitrogens with one attached hydrogen (secondary N) is 2. The maximum atomic E-state index is 13.9. The fourth-order valence-electron chi connectivity index (χ4n) is 2.38. The van der Waals surface area contributed by atoms with Gasteiger partial charge in [0.2, 0.25) is 15.1 Å². The molecule has 1 heterocycles. The number of thiazole rings is 1. The normalized spacial score (nSPS) is 11.3. The summed E-state index contributed by atoms with van der Waals surface area (Å²) in [6.45, 7) is 0. The van der Waals surface area contributed by atoms with Crippen molar-refractivity contribution in [1.82, 2.24) is 9.71 Å². The van der Waals surface area contributed by atoms with Gasteiger partial charge in [0.05, 0.1) is 6.20 Å². The lowest BCUT2D eigenvalue weighted by atomic mass is 10.3. The number of sulfonamides is 1. The zero-order valence-corrected chi connectivity index (χ0v) is 17.7. The van der Waals surface area contributed by atoms with Gasteiger partial charge >= 0.3 is 6.03 Å². The molecule has 13 heteroatoms. The van der Waals surface area contributed by atoms with Gasteiger partial charge in [-0.3, -0.25) is 10.2 Å². The molecule has 0 fully saturated rings. The third-order valence-electron chi connectivity index (χ3n) is 3.92. The largest absolute Gasteiger partial charge is 0.445 e. The lowest BCUT2D eigenvalue weighted by molar-refractivity contribution is 0.258. The smallest absolute Gasteiger partial charge is 0.327 e. The fourth-order valence-corrected chi connectivity index (χ4v) is 3.88. The van der Waals surface area contributed by atoms with Crippen molar-refractivity contribution in [2.45, 2.75) is 4.90 Å². The quantitative estimate of drug-likeness (QED) is 0.566. The third kappa shape index (κ3) is 5.31. The number of carbonyl (C=O) groups excluding carboxylic acids is 1. The number of rotatable bonds is 6. The van der Waals surface area contributed by atoms with E-state index in [1.54, 1.807) is 0 Å². The Hall–Kier alpha value is -3.16. The summed E-state index contributed by atoms with van der Waals surface area (Å²) in [5.41, 5.74) is 0.107. The van der Waals surface area contributed by atoms with Crippen molar-refractivity contribution in [2.24, 2.45) is 0 Å². The summed E-state index contributed by atoms with van der Waals surface area (Å²) >= 11 is 0.891. The molecule has 31 heavy (non-hydrogen) atoms. The van der Waals surface area contributed by atoms with Crippen LogP contribution in [0.25, 0.3) is 0 Å². The van der Waals surface area contributed by atoms with E-state index in [-0.39, 0.29) is 21.6 Å². The Kier molecular flexibility index (Phi) is 6.48. The highest BCUT2D eigenvalue weighted by molar-refractivity contribution is 7.89. The second-order valence-corrected chi connectivity index (χ2v) is 8.85. The highest BCUT2D eigenvalue weighted by Crippen LogP contribution is 2.31. The van der Waals surface area contributed by atoms with Crippen LogP contribution in [0.15, 0.2) is 47.5 Å². The second kappa shape index (κ2) is 8.91. The summed E-state index contributed by atoms with van der Waals surface area (Å²) in [5.74, 6) is -2.68. The van der Waals surface area contributed by atoms with E-state index < -0.39 is 38.4 Å². The summed E-state index contributed by atoms with van der Waals surface area (Å²) in [6.07, 6.45) is 1.25. The molecular formula is C18H15F3N4O4S2. The van der Waals surface area contributed by atoms with Crippen LogP contribution in [0, 0.1) is 17.5 Å². The molecule has 3 rings (SSSR count). The van der Waals surface area contributed by atoms with E-state index in [0.29, 0.717) is 6.07 Å². The highest BCUT2D eigenvalue weighted by atomic mass is 32.2. The Morgan fingerprint density at radius 3 is 2.45 bits per heavy atom. The number of hydrogen-bond acceptors (Lipinski definition) is 6. The monoisotopic (exact) mass is 472 g/mol. The summed E-state index contributed by atoms with van der Waals surface area (Å²) in [6, 6.07) is 5.15. The summed E-state index contributed by atoms with van der Waals surface area (Å²) in [5, 5.41) is 2.73. The average Bonchev–Trinajstić information content (AvgIpc) is 3.13. The van der Waals surface area contributed by atoms with Crippen LogP contribution in [-0.4, -0.2) is 33.5 Å². The van der Waals surface area contributed by atoms with Gasteiger partial charge in [-0.15, -0.1) is 0 Å². The number of hydrogen-bond donors (Lipinski definition) is 2. The second-order valence-electron chi connectivity index (χ2n) is 6.00. The van der Waals surface area contributed by atoms with Crippen LogP contribution in [0.2, 0.25) is 0 Å². The van der Waals surface area contributed by atoms with Crippen molar-refractivity contribution in [3.05, 3.63) is 60.0 Å². The molecule has 0 atom stereocenters. The highest BCUT2D eigenvalue weighted by Gasteiger charge is 2.21. The van der Waals surface area contributed by atoms with Crippen molar-refractivity contribution < 1.29 is 31.1 Å². The van der Waals surface area contributed by atoms with Crippen molar-refractivity contribution in [3.63, 3.8) is 0 Å². The summed E-state index contributed by atoms with van der Waals surface area (Å²) < 4.78 is 71.5. The first-order chi connectivity index (χ1) is 14.6. The minimum absolute atomic E-state index is 0.0827. The van der Waals surface area contributed by atoms with E-state index in [1.165, 1.54) is 19.3 Å². The maximum absolute atomic E-state index is 13.9. The molecule has 8 nitrogen and oxygen atoms in total. The van der Waals surface area contributed by atoms with Gasteiger partial charge in [-0.2, -0.15) is 0 Å². The van der Waals surface area contributed by atoms with Crippen molar-refractivity contribution in [2.75, 3.05) is 24.3 Å². The number of nitrogens with zero attached hydrogens (tertiary/aromatic N) is 2. The molecule has 2 aromatic carbocycles. The minimum atomic E-state index is -4.07. The number of ether oxygens (including phenoxy) is 1. The van der Waals surface area contributed by atoms with E-state index in [2.05, 4.69) is 10.3 Å². The number of urea groups is 1. The Balaban J connectivity index is 1.73. The van der Waals surface area contributed by atoms with E-state index in [4.69, 9.17) is 4.74 Å². The molecule has 0 bridgehead atoms. The molecule has 0 aliphatic rings. The molecule has 164 valence electrons. The van der Waals surface area contributed by atoms with Gasteiger partial charge in [0.1, 0.15) is 28.1 Å². The van der Waals surface area contributed by atoms with Gasteiger partial charge in [-0.25, -0.2) is 36.1 Å². The van der Waals surface area contributed by atoms with Crippen LogP contribution >= 0.6 is 11.3 Å². The molecule has 1 aromatic heterocycles. The van der Waals surface area contributed by atoms with Gasteiger partial charge in [-0.1, -0.05) is 11.3 Å². The minimum Gasteiger partial charge on any atom is -0.445 e. The molecule has 0 aliphatic carbocycles. The molecule has 0 spiro atoms. The van der Waals surface area contributed by atoms with Crippen LogP contribution in [0.4, 0.5) is 28.8 Å². The topological polar surface area (TPSA) is 101 Å². The van der Waals surface area contributed by atoms with Crippen molar-refractivity contribution >= 4 is 38.2 Å². The number of amides is 2. The van der Waals surface area contributed by atoms with Crippen molar-refractivity contribution in [3.8, 4) is 10.8 Å². The van der Waals surface area contributed by atoms with Crippen LogP contribution < -0.4 is 19.7 Å². The van der Waals surface area contributed by atoms with Crippen LogP contribution in [0.3, 0.4) is 0 Å². The first-order valence-electron chi connectivity index (χ1n) is 8.46. The van der Waals surface area contributed by atoms with Gasteiger partial charge in [0, 0.05) is 30.9 Å². The SMILES string of the molecule is CNS(=O)(=O)c1cc(N(C)C(=O)Nc2ncc(Oc3cc(F)cc(F)c3)s2)ccc1F. The zero-order chi connectivity index (χ0) is 22.8. The van der Waals surface area contributed by atoms with E-state index in [9.17, 15) is 26.4 Å². The number of benzene rings is 2. The first-order valence-corrected chi connectivity index (χ1v) is 10.8. The molecule has 2 N–H and O–H groups in total. The van der Waals surface area contributed by atoms with Crippen LogP contribution in [0.1, 0.15) is 0 Å². The number of aromatic nitrogens is 1. The lowest BCUT2D eigenvalue weighted by Gasteiger charge is -2.18. The Labute approximate surface area is 179 Å². The zero-order valence-electron chi connectivity index (χ0n) is 16.0. The maximum Gasteiger partial charge on any atom is 0.327 e. The Morgan fingerprint density at radius 2 is 1.81 bits per heavy atom. The van der Waals surface area contributed by atoms with Crippen LogP contribution in [-0.2, 0) is 10.0 Å². The summed E-state index contributed by atoms with van der Waals surface area (Å²) in [7, 11) is -1.58. The lowest BCUT2D eigenvalue weighted by Crippen LogP contribution is -2.31. The molecular weight excluding hydrogens is 457 g/mol. The number of carbonyl (C=O) groups is 1. The predicted octanol–water partition coefficient (Wildman–Crippen LogP) is 3.93. The molecule has 2 amide bonds. The predicted molar refractivity (Wildman–Crippen MR) is 109 cm³/mol. The molecule has 0 unspecified atom stereocenters. The Bertz CT molecular complexity index is 1210. The van der Waals surface area contributed by atoms with E-state index in [0.717, 1.165) is 47.5 Å². The Morgan fingerprint density at radius 1 is 1.13 bits per heavy atom. The fraction of sp³-hybridized carbons (Fsp3) is 0.111. The third-order valence-corrected chi connectivity index (χ3v) is 6.14. The van der Waals surface area contributed by atoms with E-state index in [1.807, 2.05) is 4.72 Å². The molecule has 0 radical (unpaired) electrons. The molecule has 0 saturated carbocycles. The van der Waals surface area contributed by atoms with Gasteiger partial charge in [0.15, 0.2) is 5.13 Å². The van der Waals surface area contributed by atoms with E-state index >= 15 is 0 Å². The van der Waals surface area contributed by atoms with Crippen LogP contribution in [0.5, 0.6) is 10.8 Å². The molecule has 0 aliphatic heterocycles. The van der Waals surface area contributed by atoms with Crippen molar-refractivity contribution in [1.29, 1.82) is 0 Å². The van der Waals surface area contributed by atoms with Gasteiger partial charge in [0.25, 0.3) is 0 Å². The summed E-state index contributed by atoms with van der Waals surface area (Å²) in [4.78, 5) is 16.8. The number of halogens is 3. The number of anilines is 2. The molecule has 0 saturated heterocycles.